The molecule has 0 bridgehead atoms. The van der Waals surface area contributed by atoms with Gasteiger partial charge in [0.2, 0.25) is 5.91 Å². The fraction of sp³-hybridized carbons (Fsp3) is 0.778. The van der Waals surface area contributed by atoms with E-state index in [2.05, 4.69) is 5.16 Å². The zero-order chi connectivity index (χ0) is 9.26. The Morgan fingerprint density at radius 2 is 2.00 bits per heavy atom. The fourth-order valence-electron chi connectivity index (χ4n) is 1.67. The Hall–Kier alpha value is -1.06. The van der Waals surface area contributed by atoms with Crippen LogP contribution in [0.3, 0.4) is 0 Å². The van der Waals surface area contributed by atoms with Crippen molar-refractivity contribution in [3.63, 3.8) is 0 Å². The van der Waals surface area contributed by atoms with Gasteiger partial charge in [-0.3, -0.25) is 4.79 Å². The van der Waals surface area contributed by atoms with Gasteiger partial charge in [0.1, 0.15) is 0 Å². The van der Waals surface area contributed by atoms with E-state index in [0.29, 0.717) is 11.8 Å². The molecule has 2 rings (SSSR count). The molecule has 72 valence electrons. The fourth-order valence-corrected chi connectivity index (χ4v) is 1.67. The zero-order valence-electron chi connectivity index (χ0n) is 7.57. The Labute approximate surface area is 77.2 Å². The number of carbonyl (C=O) groups is 1. The van der Waals surface area contributed by atoms with E-state index < -0.39 is 0 Å². The van der Waals surface area contributed by atoms with Crippen molar-refractivity contribution in [1.29, 1.82) is 0 Å². The van der Waals surface area contributed by atoms with Gasteiger partial charge in [0.15, 0.2) is 0 Å². The van der Waals surface area contributed by atoms with Crippen LogP contribution in [0.15, 0.2) is 5.16 Å². The minimum Gasteiger partial charge on any atom is -0.411 e. The predicted octanol–water partition coefficient (Wildman–Crippen LogP) is 0.849. The Bertz CT molecular complexity index is 236. The van der Waals surface area contributed by atoms with Crippen molar-refractivity contribution in [3.05, 3.63) is 0 Å². The molecule has 4 nitrogen and oxygen atoms in total. The number of rotatable bonds is 1. The van der Waals surface area contributed by atoms with E-state index in [-0.39, 0.29) is 0 Å². The molecule has 0 atom stereocenters. The number of hydrogen-bond donors (Lipinski definition) is 1. The van der Waals surface area contributed by atoms with E-state index in [9.17, 15) is 4.79 Å². The lowest BCUT2D eigenvalue weighted by Crippen LogP contribution is -2.39. The molecule has 1 aliphatic carbocycles. The van der Waals surface area contributed by atoms with Crippen LogP contribution in [0.1, 0.15) is 25.7 Å². The summed E-state index contributed by atoms with van der Waals surface area (Å²) in [6, 6.07) is 0. The maximum atomic E-state index is 11.6. The lowest BCUT2D eigenvalue weighted by Gasteiger charge is -2.27. The molecule has 1 amide bonds. The van der Waals surface area contributed by atoms with Crippen LogP contribution in [-0.2, 0) is 4.79 Å². The van der Waals surface area contributed by atoms with Crippen LogP contribution in [0.2, 0.25) is 0 Å². The first-order valence-corrected chi connectivity index (χ1v) is 4.80. The van der Waals surface area contributed by atoms with Gasteiger partial charge in [0.25, 0.3) is 0 Å². The monoisotopic (exact) mass is 182 g/mol. The Morgan fingerprint density at radius 3 is 2.46 bits per heavy atom. The van der Waals surface area contributed by atoms with Crippen LogP contribution in [-0.4, -0.2) is 34.8 Å². The van der Waals surface area contributed by atoms with Crippen LogP contribution >= 0.6 is 0 Å². The summed E-state index contributed by atoms with van der Waals surface area (Å²) in [5.74, 6) is 0.615. The van der Waals surface area contributed by atoms with E-state index in [4.69, 9.17) is 5.21 Å². The number of likely N-dealkylation sites (tertiary alicyclic amines) is 1. The van der Waals surface area contributed by atoms with Crippen molar-refractivity contribution in [2.75, 3.05) is 13.1 Å². The van der Waals surface area contributed by atoms with Gasteiger partial charge in [-0.15, -0.1) is 0 Å². The molecule has 4 heteroatoms. The second-order valence-electron chi connectivity index (χ2n) is 3.77. The summed E-state index contributed by atoms with van der Waals surface area (Å²) < 4.78 is 0. The Morgan fingerprint density at radius 1 is 1.38 bits per heavy atom. The number of carbonyl (C=O) groups excluding carboxylic acids is 1. The molecule has 0 spiro atoms. The number of oxime groups is 1. The standard InChI is InChI=1S/C9H14N2O2/c12-9(7-1-2-7)11-5-3-8(10-13)4-6-11/h7,13H,1-6H2. The van der Waals surface area contributed by atoms with E-state index in [0.717, 1.165) is 44.5 Å². The number of piperidine rings is 1. The average Bonchev–Trinajstić information content (AvgIpc) is 3.00. The van der Waals surface area contributed by atoms with Crippen LogP contribution in [0.4, 0.5) is 0 Å². The molecular formula is C9H14N2O2. The van der Waals surface area contributed by atoms with Gasteiger partial charge in [-0.2, -0.15) is 0 Å². The van der Waals surface area contributed by atoms with Crippen molar-refractivity contribution in [2.45, 2.75) is 25.7 Å². The van der Waals surface area contributed by atoms with Crippen molar-refractivity contribution >= 4 is 11.6 Å². The van der Waals surface area contributed by atoms with E-state index in [1.807, 2.05) is 4.90 Å². The van der Waals surface area contributed by atoms with Gasteiger partial charge in [-0.1, -0.05) is 5.16 Å². The predicted molar refractivity (Wildman–Crippen MR) is 47.8 cm³/mol. The van der Waals surface area contributed by atoms with E-state index in [1.54, 1.807) is 0 Å². The zero-order valence-corrected chi connectivity index (χ0v) is 7.57. The van der Waals surface area contributed by atoms with Gasteiger partial charge >= 0.3 is 0 Å². The van der Waals surface area contributed by atoms with Crippen molar-refractivity contribution in [3.8, 4) is 0 Å². The Balaban J connectivity index is 1.86. The Kier molecular flexibility index (Phi) is 2.20. The van der Waals surface area contributed by atoms with Crippen LogP contribution < -0.4 is 0 Å². The molecule has 2 aliphatic rings. The van der Waals surface area contributed by atoms with Gasteiger partial charge in [-0.05, 0) is 12.8 Å². The summed E-state index contributed by atoms with van der Waals surface area (Å²) in [6.45, 7) is 1.46. The van der Waals surface area contributed by atoms with Gasteiger partial charge < -0.3 is 10.1 Å². The third kappa shape index (κ3) is 1.82. The smallest absolute Gasteiger partial charge is 0.225 e. The van der Waals surface area contributed by atoms with Gasteiger partial charge in [0, 0.05) is 31.8 Å². The van der Waals surface area contributed by atoms with Crippen LogP contribution in [0.5, 0.6) is 0 Å². The first-order valence-electron chi connectivity index (χ1n) is 4.80. The van der Waals surface area contributed by atoms with Crippen molar-refractivity contribution in [1.82, 2.24) is 4.90 Å². The number of nitrogens with zero attached hydrogens (tertiary/aromatic N) is 2. The third-order valence-corrected chi connectivity index (χ3v) is 2.72. The molecule has 1 aliphatic heterocycles. The second kappa shape index (κ2) is 3.36. The normalized spacial score (nSPS) is 23.1. The van der Waals surface area contributed by atoms with E-state index in [1.165, 1.54) is 0 Å². The average molecular weight is 182 g/mol. The molecule has 0 aromatic rings. The summed E-state index contributed by atoms with van der Waals surface area (Å²) in [4.78, 5) is 13.5. The lowest BCUT2D eigenvalue weighted by atomic mass is 10.1. The highest BCUT2D eigenvalue weighted by Crippen LogP contribution is 2.31. The summed E-state index contributed by atoms with van der Waals surface area (Å²) >= 11 is 0. The van der Waals surface area contributed by atoms with Crippen molar-refractivity contribution in [2.24, 2.45) is 11.1 Å². The third-order valence-electron chi connectivity index (χ3n) is 2.72. The molecule has 0 unspecified atom stereocenters. The first kappa shape index (κ1) is 8.53. The molecule has 1 saturated carbocycles. The molecule has 2 fully saturated rings. The summed E-state index contributed by atoms with van der Waals surface area (Å²) in [5.41, 5.74) is 0.819. The summed E-state index contributed by atoms with van der Waals surface area (Å²) in [5, 5.41) is 11.7. The SMILES string of the molecule is O=C(C1CC1)N1CCC(=NO)CC1. The maximum absolute atomic E-state index is 11.6. The van der Waals surface area contributed by atoms with Crippen LogP contribution in [0, 0.1) is 5.92 Å². The summed E-state index contributed by atoms with van der Waals surface area (Å²) in [6.07, 6.45) is 3.59. The highest BCUT2D eigenvalue weighted by Gasteiger charge is 2.34. The second-order valence-corrected chi connectivity index (χ2v) is 3.77. The van der Waals surface area contributed by atoms with Gasteiger partial charge in [0.05, 0.1) is 5.71 Å². The molecule has 13 heavy (non-hydrogen) atoms. The lowest BCUT2D eigenvalue weighted by molar-refractivity contribution is -0.132. The van der Waals surface area contributed by atoms with Gasteiger partial charge in [-0.25, -0.2) is 0 Å². The topological polar surface area (TPSA) is 52.9 Å². The highest BCUT2D eigenvalue weighted by molar-refractivity contribution is 5.88. The molecular weight excluding hydrogens is 168 g/mol. The molecule has 0 aromatic carbocycles. The number of hydrogen-bond acceptors (Lipinski definition) is 3. The molecule has 1 saturated heterocycles. The van der Waals surface area contributed by atoms with Crippen LogP contribution in [0.25, 0.3) is 0 Å². The largest absolute Gasteiger partial charge is 0.411 e. The summed E-state index contributed by atoms with van der Waals surface area (Å²) in [7, 11) is 0. The van der Waals surface area contributed by atoms with Crippen molar-refractivity contribution < 1.29 is 10.0 Å². The quantitative estimate of drug-likeness (QED) is 0.483. The molecule has 1 heterocycles. The van der Waals surface area contributed by atoms with E-state index >= 15 is 0 Å². The minimum atomic E-state index is 0.303. The number of amides is 1. The molecule has 0 radical (unpaired) electrons. The highest BCUT2D eigenvalue weighted by atomic mass is 16.4. The molecule has 0 aromatic heterocycles. The minimum absolute atomic E-state index is 0.303. The first-order chi connectivity index (χ1) is 6.31. The molecule has 1 N–H and O–H groups in total. The maximum Gasteiger partial charge on any atom is 0.225 e.